The van der Waals surface area contributed by atoms with Crippen LogP contribution in [0.4, 0.5) is 4.79 Å². The van der Waals surface area contributed by atoms with Crippen molar-refractivity contribution in [3.63, 3.8) is 0 Å². The van der Waals surface area contributed by atoms with Gasteiger partial charge in [-0.05, 0) is 46.0 Å². The van der Waals surface area contributed by atoms with Gasteiger partial charge in [0.25, 0.3) is 0 Å². The molecule has 106 valence electrons. The highest BCUT2D eigenvalue weighted by atomic mass is 16.6. The average Bonchev–Trinajstić information content (AvgIpc) is 2.26. The second-order valence-corrected chi connectivity index (χ2v) is 6.55. The van der Waals surface area contributed by atoms with Crippen molar-refractivity contribution in [2.45, 2.75) is 65.0 Å². The number of ether oxygens (including phenoxy) is 1. The maximum Gasteiger partial charge on any atom is 0.410 e. The summed E-state index contributed by atoms with van der Waals surface area (Å²) < 4.78 is 5.52. The topological polar surface area (TPSA) is 55.6 Å². The number of carbonyl (C=O) groups excluding carboxylic acids is 1. The molecular weight excluding hydrogens is 228 g/mol. The number of nitrogens with two attached hydrogens (primary N) is 1. The summed E-state index contributed by atoms with van der Waals surface area (Å²) in [7, 11) is 0. The second-order valence-electron chi connectivity index (χ2n) is 6.55. The molecule has 18 heavy (non-hydrogen) atoms. The number of carbonyl (C=O) groups is 1. The Morgan fingerprint density at radius 3 is 2.44 bits per heavy atom. The predicted molar refractivity (Wildman–Crippen MR) is 73.4 cm³/mol. The molecule has 1 fully saturated rings. The molecule has 0 aromatic rings. The van der Waals surface area contributed by atoms with Gasteiger partial charge in [0, 0.05) is 13.1 Å². The van der Waals surface area contributed by atoms with E-state index in [0.29, 0.717) is 12.5 Å². The van der Waals surface area contributed by atoms with Crippen molar-refractivity contribution in [1.82, 2.24) is 4.90 Å². The molecule has 4 heteroatoms. The number of hydrogen-bond acceptors (Lipinski definition) is 3. The highest BCUT2D eigenvalue weighted by Crippen LogP contribution is 2.35. The van der Waals surface area contributed by atoms with Crippen molar-refractivity contribution in [3.05, 3.63) is 0 Å². The summed E-state index contributed by atoms with van der Waals surface area (Å²) in [6.07, 6.45) is 2.92. The molecule has 1 aliphatic rings. The third-order valence-corrected chi connectivity index (χ3v) is 3.82. The van der Waals surface area contributed by atoms with E-state index in [0.717, 1.165) is 25.8 Å². The first-order chi connectivity index (χ1) is 8.23. The first kappa shape index (κ1) is 15.3. The minimum absolute atomic E-state index is 0.221. The average molecular weight is 256 g/mol. The van der Waals surface area contributed by atoms with E-state index in [-0.39, 0.29) is 11.6 Å². The summed E-state index contributed by atoms with van der Waals surface area (Å²) in [6.45, 7) is 11.2. The van der Waals surface area contributed by atoms with Crippen molar-refractivity contribution in [1.29, 1.82) is 0 Å². The van der Waals surface area contributed by atoms with Crippen LogP contribution in [0.1, 0.15) is 53.9 Å². The monoisotopic (exact) mass is 256 g/mol. The largest absolute Gasteiger partial charge is 0.444 e. The second kappa shape index (κ2) is 5.47. The van der Waals surface area contributed by atoms with Crippen LogP contribution in [0.3, 0.4) is 0 Å². The highest BCUT2D eigenvalue weighted by molar-refractivity contribution is 5.69. The predicted octanol–water partition coefficient (Wildman–Crippen LogP) is 2.76. The molecule has 4 nitrogen and oxygen atoms in total. The summed E-state index contributed by atoms with van der Waals surface area (Å²) >= 11 is 0. The molecule has 0 saturated carbocycles. The van der Waals surface area contributed by atoms with Crippen molar-refractivity contribution in [3.8, 4) is 0 Å². The van der Waals surface area contributed by atoms with E-state index in [1.807, 2.05) is 25.7 Å². The molecule has 0 radical (unpaired) electrons. The number of piperidine rings is 1. The number of nitrogens with zero attached hydrogens (tertiary/aromatic N) is 1. The Morgan fingerprint density at radius 2 is 2.00 bits per heavy atom. The Balaban J connectivity index is 2.91. The van der Waals surface area contributed by atoms with E-state index in [1.54, 1.807) is 0 Å². The van der Waals surface area contributed by atoms with Crippen molar-refractivity contribution >= 4 is 6.09 Å². The third-order valence-electron chi connectivity index (χ3n) is 3.82. The summed E-state index contributed by atoms with van der Waals surface area (Å²) in [5, 5.41) is 0. The van der Waals surface area contributed by atoms with Crippen LogP contribution in [-0.2, 0) is 4.74 Å². The Labute approximate surface area is 111 Å². The zero-order chi connectivity index (χ0) is 14.0. The summed E-state index contributed by atoms with van der Waals surface area (Å²) in [5.41, 5.74) is 5.29. The summed E-state index contributed by atoms with van der Waals surface area (Å²) in [5.74, 6) is 0.343. The Kier molecular flexibility index (Phi) is 4.65. The van der Waals surface area contributed by atoms with E-state index in [9.17, 15) is 4.79 Å². The first-order valence-electron chi connectivity index (χ1n) is 6.93. The minimum atomic E-state index is -0.453. The SMILES string of the molecule is CC(C)C1(CN)CCCCN1C(=O)OC(C)(C)C. The molecule has 1 amide bonds. The van der Waals surface area contributed by atoms with Gasteiger partial charge in [-0.2, -0.15) is 0 Å². The van der Waals surface area contributed by atoms with Gasteiger partial charge in [0.2, 0.25) is 0 Å². The molecule has 1 unspecified atom stereocenters. The van der Waals surface area contributed by atoms with Gasteiger partial charge in [0.05, 0.1) is 5.54 Å². The maximum absolute atomic E-state index is 12.3. The quantitative estimate of drug-likeness (QED) is 0.826. The number of hydrogen-bond donors (Lipinski definition) is 1. The smallest absolute Gasteiger partial charge is 0.410 e. The van der Waals surface area contributed by atoms with Crippen LogP contribution >= 0.6 is 0 Å². The lowest BCUT2D eigenvalue weighted by atomic mass is 9.78. The first-order valence-corrected chi connectivity index (χ1v) is 6.93. The lowest BCUT2D eigenvalue weighted by Crippen LogP contribution is -2.62. The molecule has 1 rings (SSSR count). The van der Waals surface area contributed by atoms with E-state index < -0.39 is 5.60 Å². The molecule has 1 aliphatic heterocycles. The van der Waals surface area contributed by atoms with Crippen LogP contribution in [0.25, 0.3) is 0 Å². The maximum atomic E-state index is 12.3. The molecule has 1 atom stereocenters. The van der Waals surface area contributed by atoms with Gasteiger partial charge >= 0.3 is 6.09 Å². The van der Waals surface area contributed by atoms with E-state index in [2.05, 4.69) is 13.8 Å². The lowest BCUT2D eigenvalue weighted by Gasteiger charge is -2.49. The van der Waals surface area contributed by atoms with Gasteiger partial charge in [0.1, 0.15) is 5.60 Å². The van der Waals surface area contributed by atoms with E-state index >= 15 is 0 Å². The molecule has 0 aliphatic carbocycles. The standard InChI is InChI=1S/C14H28N2O2/c1-11(2)14(10-15)8-6-7-9-16(14)12(17)18-13(3,4)5/h11H,6-10,15H2,1-5H3. The molecule has 1 saturated heterocycles. The molecule has 1 heterocycles. The zero-order valence-corrected chi connectivity index (χ0v) is 12.5. The van der Waals surface area contributed by atoms with Gasteiger partial charge in [-0.25, -0.2) is 4.79 Å². The van der Waals surface area contributed by atoms with Crippen molar-refractivity contribution in [2.75, 3.05) is 13.1 Å². The minimum Gasteiger partial charge on any atom is -0.444 e. The molecule has 0 bridgehead atoms. The fraction of sp³-hybridized carbons (Fsp3) is 0.929. The van der Waals surface area contributed by atoms with E-state index in [4.69, 9.17) is 10.5 Å². The van der Waals surface area contributed by atoms with Crippen LogP contribution in [0, 0.1) is 5.92 Å². The Morgan fingerprint density at radius 1 is 1.39 bits per heavy atom. The molecule has 2 N–H and O–H groups in total. The highest BCUT2D eigenvalue weighted by Gasteiger charge is 2.44. The van der Waals surface area contributed by atoms with Gasteiger partial charge in [-0.3, -0.25) is 0 Å². The Hall–Kier alpha value is -0.770. The van der Waals surface area contributed by atoms with Gasteiger partial charge in [-0.1, -0.05) is 13.8 Å². The number of likely N-dealkylation sites (tertiary alicyclic amines) is 1. The van der Waals surface area contributed by atoms with Crippen molar-refractivity contribution in [2.24, 2.45) is 11.7 Å². The fourth-order valence-corrected chi connectivity index (χ4v) is 2.70. The molecular formula is C14H28N2O2. The summed E-state index contributed by atoms with van der Waals surface area (Å²) in [4.78, 5) is 14.2. The number of rotatable bonds is 2. The fourth-order valence-electron chi connectivity index (χ4n) is 2.70. The van der Waals surface area contributed by atoms with Gasteiger partial charge < -0.3 is 15.4 Å². The van der Waals surface area contributed by atoms with Crippen LogP contribution in [0.2, 0.25) is 0 Å². The number of amides is 1. The van der Waals surface area contributed by atoms with Crippen LogP contribution < -0.4 is 5.73 Å². The van der Waals surface area contributed by atoms with Crippen LogP contribution in [0.15, 0.2) is 0 Å². The van der Waals surface area contributed by atoms with Crippen molar-refractivity contribution < 1.29 is 9.53 Å². The lowest BCUT2D eigenvalue weighted by molar-refractivity contribution is -0.0277. The normalized spacial score (nSPS) is 25.4. The van der Waals surface area contributed by atoms with Crippen LogP contribution in [-0.4, -0.2) is 35.2 Å². The summed E-state index contributed by atoms with van der Waals surface area (Å²) in [6, 6.07) is 0. The van der Waals surface area contributed by atoms with Gasteiger partial charge in [0.15, 0.2) is 0 Å². The molecule has 0 spiro atoms. The third kappa shape index (κ3) is 3.16. The van der Waals surface area contributed by atoms with E-state index in [1.165, 1.54) is 0 Å². The van der Waals surface area contributed by atoms with Gasteiger partial charge in [-0.15, -0.1) is 0 Å². The van der Waals surface area contributed by atoms with Crippen LogP contribution in [0.5, 0.6) is 0 Å². The molecule has 0 aromatic heterocycles. The molecule has 0 aromatic carbocycles. The zero-order valence-electron chi connectivity index (χ0n) is 12.5. The Bertz CT molecular complexity index is 297.